The number of benzene rings is 2. The maximum absolute atomic E-state index is 13.0. The van der Waals surface area contributed by atoms with Crippen molar-refractivity contribution in [2.75, 3.05) is 6.54 Å². The average Bonchev–Trinajstić information content (AvgIpc) is 2.53. The molecule has 3 nitrogen and oxygen atoms in total. The summed E-state index contributed by atoms with van der Waals surface area (Å²) in [7, 11) is 0. The molecular weight excluding hydrogens is 315 g/mol. The number of halogens is 2. The molecule has 1 amide bonds. The summed E-state index contributed by atoms with van der Waals surface area (Å²) in [4.78, 5) is 12.4. The summed E-state index contributed by atoms with van der Waals surface area (Å²) in [6.45, 7) is 3.97. The molecule has 0 radical (unpaired) electrons. The van der Waals surface area contributed by atoms with Crippen molar-refractivity contribution in [3.8, 4) is 0 Å². The first kappa shape index (κ1) is 19.1. The highest BCUT2D eigenvalue weighted by atomic mass is 35.5. The van der Waals surface area contributed by atoms with E-state index in [1.54, 1.807) is 12.1 Å². The van der Waals surface area contributed by atoms with Crippen molar-refractivity contribution in [2.24, 2.45) is 5.73 Å². The molecule has 0 bridgehead atoms. The van der Waals surface area contributed by atoms with Crippen LogP contribution in [0.25, 0.3) is 0 Å². The number of hydrogen-bond acceptors (Lipinski definition) is 2. The normalized spacial score (nSPS) is 12.2. The molecule has 1 unspecified atom stereocenters. The number of nitrogens with two attached hydrogens (primary N) is 1. The fourth-order valence-corrected chi connectivity index (χ4v) is 2.24. The Morgan fingerprint density at radius 2 is 1.70 bits per heavy atom. The molecule has 0 saturated heterocycles. The quantitative estimate of drug-likeness (QED) is 0.879. The number of hydrogen-bond donors (Lipinski definition) is 2. The zero-order valence-electron chi connectivity index (χ0n) is 13.3. The first-order valence-electron chi connectivity index (χ1n) is 7.26. The van der Waals surface area contributed by atoms with Gasteiger partial charge >= 0.3 is 0 Å². The minimum absolute atomic E-state index is 0. The lowest BCUT2D eigenvalue weighted by atomic mass is 9.83. The van der Waals surface area contributed by atoms with Crippen LogP contribution in [0.4, 0.5) is 4.39 Å². The van der Waals surface area contributed by atoms with Gasteiger partial charge in [0.2, 0.25) is 5.91 Å². The second-order valence-electron chi connectivity index (χ2n) is 5.86. The van der Waals surface area contributed by atoms with Gasteiger partial charge in [-0.05, 0) is 37.1 Å². The molecule has 0 fully saturated rings. The van der Waals surface area contributed by atoms with Crippen molar-refractivity contribution in [1.29, 1.82) is 0 Å². The van der Waals surface area contributed by atoms with Gasteiger partial charge in [-0.3, -0.25) is 4.79 Å². The summed E-state index contributed by atoms with van der Waals surface area (Å²) in [5.74, 6) is -0.448. The second kappa shape index (κ2) is 8.09. The van der Waals surface area contributed by atoms with Gasteiger partial charge in [0.15, 0.2) is 0 Å². The van der Waals surface area contributed by atoms with Crippen LogP contribution < -0.4 is 11.1 Å². The molecular formula is C18H22ClFN2O. The number of carbonyl (C=O) groups is 1. The predicted molar refractivity (Wildman–Crippen MR) is 93.1 cm³/mol. The molecule has 0 saturated carbocycles. The lowest BCUT2D eigenvalue weighted by Crippen LogP contribution is -2.42. The van der Waals surface area contributed by atoms with E-state index in [9.17, 15) is 9.18 Å². The van der Waals surface area contributed by atoms with Crippen LogP contribution in [0, 0.1) is 5.82 Å². The van der Waals surface area contributed by atoms with Gasteiger partial charge in [0, 0.05) is 12.6 Å². The highest BCUT2D eigenvalue weighted by Gasteiger charge is 2.29. The first-order valence-corrected chi connectivity index (χ1v) is 7.26. The molecule has 23 heavy (non-hydrogen) atoms. The van der Waals surface area contributed by atoms with Gasteiger partial charge in [-0.25, -0.2) is 4.39 Å². The average molecular weight is 337 g/mol. The molecule has 3 N–H and O–H groups in total. The molecule has 2 aromatic rings. The lowest BCUT2D eigenvalue weighted by Gasteiger charge is -2.25. The van der Waals surface area contributed by atoms with E-state index in [2.05, 4.69) is 5.32 Å². The molecule has 0 aromatic heterocycles. The van der Waals surface area contributed by atoms with Crippen LogP contribution in [-0.4, -0.2) is 12.5 Å². The highest BCUT2D eigenvalue weighted by molar-refractivity contribution is 5.87. The van der Waals surface area contributed by atoms with E-state index in [0.29, 0.717) is 6.54 Å². The third-order valence-electron chi connectivity index (χ3n) is 3.84. The Kier molecular flexibility index (Phi) is 6.73. The summed E-state index contributed by atoms with van der Waals surface area (Å²) >= 11 is 0. The van der Waals surface area contributed by atoms with Gasteiger partial charge in [-0.15, -0.1) is 12.4 Å². The van der Waals surface area contributed by atoms with E-state index in [-0.39, 0.29) is 30.2 Å². The second-order valence-corrected chi connectivity index (χ2v) is 5.86. The SMILES string of the molecule is CC(C)(C(=O)NCC(N)c1ccccc1)c1ccc(F)cc1.Cl. The summed E-state index contributed by atoms with van der Waals surface area (Å²) in [6, 6.07) is 15.3. The summed E-state index contributed by atoms with van der Waals surface area (Å²) in [5.41, 5.74) is 7.07. The Bertz CT molecular complexity index is 629. The van der Waals surface area contributed by atoms with Crippen molar-refractivity contribution < 1.29 is 9.18 Å². The van der Waals surface area contributed by atoms with E-state index in [1.165, 1.54) is 12.1 Å². The third kappa shape index (κ3) is 4.78. The zero-order valence-corrected chi connectivity index (χ0v) is 14.1. The van der Waals surface area contributed by atoms with E-state index < -0.39 is 5.41 Å². The van der Waals surface area contributed by atoms with Crippen molar-refractivity contribution in [1.82, 2.24) is 5.32 Å². The minimum Gasteiger partial charge on any atom is -0.353 e. The summed E-state index contributed by atoms with van der Waals surface area (Å²) in [6.07, 6.45) is 0. The number of rotatable bonds is 5. The predicted octanol–water partition coefficient (Wildman–Crippen LogP) is 3.34. The van der Waals surface area contributed by atoms with Crippen LogP contribution in [0.5, 0.6) is 0 Å². The molecule has 0 aliphatic heterocycles. The van der Waals surface area contributed by atoms with Crippen molar-refractivity contribution in [3.05, 3.63) is 71.5 Å². The maximum atomic E-state index is 13.0. The highest BCUT2D eigenvalue weighted by Crippen LogP contribution is 2.23. The minimum atomic E-state index is -0.746. The topological polar surface area (TPSA) is 55.1 Å². The van der Waals surface area contributed by atoms with Crippen molar-refractivity contribution in [2.45, 2.75) is 25.3 Å². The lowest BCUT2D eigenvalue weighted by molar-refractivity contribution is -0.125. The Morgan fingerprint density at radius 1 is 1.13 bits per heavy atom. The molecule has 2 rings (SSSR count). The van der Waals surface area contributed by atoms with Crippen molar-refractivity contribution in [3.63, 3.8) is 0 Å². The number of amides is 1. The molecule has 124 valence electrons. The van der Waals surface area contributed by atoms with Crippen LogP contribution in [0.2, 0.25) is 0 Å². The fraction of sp³-hybridized carbons (Fsp3) is 0.278. The van der Waals surface area contributed by atoms with Gasteiger partial charge in [-0.2, -0.15) is 0 Å². The molecule has 0 heterocycles. The molecule has 0 aliphatic carbocycles. The van der Waals surface area contributed by atoms with Crippen LogP contribution in [0.15, 0.2) is 54.6 Å². The van der Waals surface area contributed by atoms with Crippen LogP contribution in [0.1, 0.15) is 31.0 Å². The van der Waals surface area contributed by atoms with E-state index in [0.717, 1.165) is 11.1 Å². The van der Waals surface area contributed by atoms with Crippen LogP contribution >= 0.6 is 12.4 Å². The van der Waals surface area contributed by atoms with Gasteiger partial charge in [0.25, 0.3) is 0 Å². The van der Waals surface area contributed by atoms with Gasteiger partial charge in [-0.1, -0.05) is 42.5 Å². The van der Waals surface area contributed by atoms with Crippen molar-refractivity contribution >= 4 is 18.3 Å². The van der Waals surface area contributed by atoms with E-state index in [4.69, 9.17) is 5.73 Å². The Labute approximate surface area is 142 Å². The molecule has 1 atom stereocenters. The number of carbonyl (C=O) groups excluding carboxylic acids is 1. The largest absolute Gasteiger partial charge is 0.353 e. The van der Waals surface area contributed by atoms with Crippen LogP contribution in [0.3, 0.4) is 0 Å². The molecule has 0 aliphatic rings. The Balaban J connectivity index is 0.00000264. The Hall–Kier alpha value is -1.91. The summed E-state index contributed by atoms with van der Waals surface area (Å²) in [5, 5.41) is 2.88. The number of nitrogens with one attached hydrogen (secondary N) is 1. The van der Waals surface area contributed by atoms with Crippen LogP contribution in [-0.2, 0) is 10.2 Å². The zero-order chi connectivity index (χ0) is 16.2. The Morgan fingerprint density at radius 3 is 2.26 bits per heavy atom. The molecule has 2 aromatic carbocycles. The van der Waals surface area contributed by atoms with E-state index in [1.807, 2.05) is 44.2 Å². The van der Waals surface area contributed by atoms with Gasteiger partial charge < -0.3 is 11.1 Å². The molecule has 0 spiro atoms. The van der Waals surface area contributed by atoms with Gasteiger partial charge in [0.05, 0.1) is 5.41 Å². The smallest absolute Gasteiger partial charge is 0.230 e. The first-order chi connectivity index (χ1) is 10.4. The summed E-state index contributed by atoms with van der Waals surface area (Å²) < 4.78 is 13.0. The maximum Gasteiger partial charge on any atom is 0.230 e. The van der Waals surface area contributed by atoms with Gasteiger partial charge in [0.1, 0.15) is 5.82 Å². The fourth-order valence-electron chi connectivity index (χ4n) is 2.24. The standard InChI is InChI=1S/C18H21FN2O.ClH/c1-18(2,14-8-10-15(19)11-9-14)17(22)21-12-16(20)13-6-4-3-5-7-13;/h3-11,16H,12,20H2,1-2H3,(H,21,22);1H. The third-order valence-corrected chi connectivity index (χ3v) is 3.84. The van der Waals surface area contributed by atoms with E-state index >= 15 is 0 Å². The molecule has 5 heteroatoms. The monoisotopic (exact) mass is 336 g/mol.